The number of aromatic nitrogens is 2. The van der Waals surface area contributed by atoms with Gasteiger partial charge in [0.2, 0.25) is 5.95 Å². The highest BCUT2D eigenvalue weighted by Crippen LogP contribution is 2.29. The van der Waals surface area contributed by atoms with Gasteiger partial charge < -0.3 is 20.7 Å². The van der Waals surface area contributed by atoms with Gasteiger partial charge in [-0.25, -0.2) is 14.8 Å². The largest absolute Gasteiger partial charge is 0.444 e. The second-order valence-corrected chi connectivity index (χ2v) is 10.5. The molecule has 2 aromatic heterocycles. The van der Waals surface area contributed by atoms with Crippen molar-refractivity contribution in [3.63, 3.8) is 0 Å². The fourth-order valence-corrected chi connectivity index (χ4v) is 4.86. The SMILES string of the molecule is Cc1cc(-c2ccnc(N)n2)ccc1CNC(=O)c1cc2c(s1)CCN(C(=O)OC(C)(C)C)C2. The third-order valence-corrected chi connectivity index (χ3v) is 6.73. The van der Waals surface area contributed by atoms with Crippen LogP contribution in [-0.2, 0) is 24.2 Å². The summed E-state index contributed by atoms with van der Waals surface area (Å²) in [6.45, 7) is 9.04. The number of benzene rings is 1. The Kier molecular flexibility index (Phi) is 6.56. The lowest BCUT2D eigenvalue weighted by atomic mass is 10.0. The number of hydrogen-bond donors (Lipinski definition) is 2. The van der Waals surface area contributed by atoms with Crippen molar-refractivity contribution in [3.8, 4) is 11.3 Å². The second-order valence-electron chi connectivity index (χ2n) is 9.33. The number of hydrogen-bond acceptors (Lipinski definition) is 7. The molecule has 0 atom stereocenters. The number of carbonyl (C=O) groups excluding carboxylic acids is 2. The van der Waals surface area contributed by atoms with E-state index in [0.717, 1.165) is 39.2 Å². The fraction of sp³-hybridized carbons (Fsp3) is 0.360. The first-order valence-electron chi connectivity index (χ1n) is 11.2. The van der Waals surface area contributed by atoms with Crippen LogP contribution in [0.5, 0.6) is 0 Å². The van der Waals surface area contributed by atoms with Crippen LogP contribution in [-0.4, -0.2) is 39.0 Å². The average Bonchev–Trinajstić information content (AvgIpc) is 3.20. The van der Waals surface area contributed by atoms with Crippen LogP contribution in [0.2, 0.25) is 0 Å². The van der Waals surface area contributed by atoms with E-state index in [0.29, 0.717) is 24.5 Å². The van der Waals surface area contributed by atoms with E-state index in [1.807, 2.05) is 58.0 Å². The molecule has 0 saturated carbocycles. The number of carbonyl (C=O) groups is 2. The molecule has 0 saturated heterocycles. The third kappa shape index (κ3) is 5.53. The number of thiophene rings is 1. The zero-order valence-electron chi connectivity index (χ0n) is 19.8. The first-order valence-corrected chi connectivity index (χ1v) is 12.0. The normalized spacial score (nSPS) is 13.4. The van der Waals surface area contributed by atoms with Gasteiger partial charge in [-0.15, -0.1) is 11.3 Å². The molecular formula is C25H29N5O3S. The summed E-state index contributed by atoms with van der Waals surface area (Å²) in [7, 11) is 0. The van der Waals surface area contributed by atoms with Gasteiger partial charge in [0.25, 0.3) is 5.91 Å². The van der Waals surface area contributed by atoms with Crippen LogP contribution >= 0.6 is 11.3 Å². The minimum atomic E-state index is -0.532. The van der Waals surface area contributed by atoms with E-state index in [4.69, 9.17) is 10.5 Å². The maximum atomic E-state index is 12.8. The summed E-state index contributed by atoms with van der Waals surface area (Å²) in [5, 5.41) is 3.02. The van der Waals surface area contributed by atoms with Gasteiger partial charge in [-0.3, -0.25) is 4.79 Å². The lowest BCUT2D eigenvalue weighted by Gasteiger charge is -2.29. The van der Waals surface area contributed by atoms with Crippen molar-refractivity contribution in [3.05, 3.63) is 63.0 Å². The summed E-state index contributed by atoms with van der Waals surface area (Å²) >= 11 is 1.49. The molecule has 8 nitrogen and oxygen atoms in total. The molecule has 2 amide bonds. The lowest BCUT2D eigenvalue weighted by Crippen LogP contribution is -2.39. The molecule has 1 aliphatic rings. The number of nitrogen functional groups attached to an aromatic ring is 1. The average molecular weight is 480 g/mol. The first-order chi connectivity index (χ1) is 16.1. The first kappa shape index (κ1) is 23.7. The zero-order valence-corrected chi connectivity index (χ0v) is 20.7. The van der Waals surface area contributed by atoms with Gasteiger partial charge in [-0.2, -0.15) is 0 Å². The van der Waals surface area contributed by atoms with Crippen molar-refractivity contribution in [2.75, 3.05) is 12.3 Å². The Balaban J connectivity index is 1.39. The number of fused-ring (bicyclic) bond motifs is 1. The number of nitrogens with two attached hydrogens (primary N) is 1. The Labute approximate surface area is 203 Å². The minimum Gasteiger partial charge on any atom is -0.444 e. The fourth-order valence-electron chi connectivity index (χ4n) is 3.78. The van der Waals surface area contributed by atoms with Crippen LogP contribution in [0.4, 0.5) is 10.7 Å². The highest BCUT2D eigenvalue weighted by molar-refractivity contribution is 7.14. The number of nitrogens with zero attached hydrogens (tertiary/aromatic N) is 3. The lowest BCUT2D eigenvalue weighted by molar-refractivity contribution is 0.0225. The van der Waals surface area contributed by atoms with Gasteiger partial charge in [0.15, 0.2) is 0 Å². The Morgan fingerprint density at radius 2 is 2.03 bits per heavy atom. The van der Waals surface area contributed by atoms with E-state index in [1.165, 1.54) is 11.3 Å². The summed E-state index contributed by atoms with van der Waals surface area (Å²) in [6.07, 6.45) is 2.04. The monoisotopic (exact) mass is 479 g/mol. The molecule has 1 aromatic carbocycles. The Bertz CT molecular complexity index is 1230. The van der Waals surface area contributed by atoms with Crippen LogP contribution in [0, 0.1) is 6.92 Å². The van der Waals surface area contributed by atoms with Crippen molar-refractivity contribution in [2.45, 2.75) is 52.8 Å². The summed E-state index contributed by atoms with van der Waals surface area (Å²) in [4.78, 5) is 36.9. The van der Waals surface area contributed by atoms with E-state index in [1.54, 1.807) is 11.1 Å². The van der Waals surface area contributed by atoms with E-state index in [9.17, 15) is 9.59 Å². The van der Waals surface area contributed by atoms with E-state index >= 15 is 0 Å². The highest BCUT2D eigenvalue weighted by atomic mass is 32.1. The molecular weight excluding hydrogens is 450 g/mol. The van der Waals surface area contributed by atoms with Crippen LogP contribution in [0.25, 0.3) is 11.3 Å². The van der Waals surface area contributed by atoms with Gasteiger partial charge >= 0.3 is 6.09 Å². The van der Waals surface area contributed by atoms with E-state index < -0.39 is 5.60 Å². The molecule has 0 aliphatic carbocycles. The number of nitrogens with one attached hydrogen (secondary N) is 1. The van der Waals surface area contributed by atoms with Gasteiger partial charge in [-0.05, 0) is 69.0 Å². The maximum Gasteiger partial charge on any atom is 0.410 e. The van der Waals surface area contributed by atoms with E-state index in [2.05, 4.69) is 15.3 Å². The van der Waals surface area contributed by atoms with E-state index in [-0.39, 0.29) is 17.9 Å². The minimum absolute atomic E-state index is 0.115. The number of ether oxygens (including phenoxy) is 1. The van der Waals surface area contributed by atoms with Gasteiger partial charge in [-0.1, -0.05) is 12.1 Å². The van der Waals surface area contributed by atoms with Crippen molar-refractivity contribution < 1.29 is 14.3 Å². The van der Waals surface area contributed by atoms with Crippen LogP contribution in [0.15, 0.2) is 36.5 Å². The quantitative estimate of drug-likeness (QED) is 0.577. The summed E-state index contributed by atoms with van der Waals surface area (Å²) < 4.78 is 5.49. The summed E-state index contributed by atoms with van der Waals surface area (Å²) in [5.41, 5.74) is 9.95. The number of aryl methyl sites for hydroxylation is 1. The van der Waals surface area contributed by atoms with Gasteiger partial charge in [0.1, 0.15) is 5.60 Å². The third-order valence-electron chi connectivity index (χ3n) is 5.49. The van der Waals surface area contributed by atoms with Crippen molar-refractivity contribution >= 4 is 29.3 Å². The molecule has 3 aromatic rings. The Morgan fingerprint density at radius 3 is 2.74 bits per heavy atom. The van der Waals surface area contributed by atoms with Crippen LogP contribution in [0.3, 0.4) is 0 Å². The topological polar surface area (TPSA) is 110 Å². The molecule has 0 spiro atoms. The summed E-state index contributed by atoms with van der Waals surface area (Å²) in [6, 6.07) is 9.68. The van der Waals surface area contributed by atoms with Crippen molar-refractivity contribution in [1.29, 1.82) is 0 Å². The molecule has 4 rings (SSSR count). The smallest absolute Gasteiger partial charge is 0.410 e. The molecule has 3 N–H and O–H groups in total. The Hall–Kier alpha value is -3.46. The van der Waals surface area contributed by atoms with Crippen LogP contribution in [0.1, 0.15) is 52.0 Å². The number of anilines is 1. The number of rotatable bonds is 4. The molecule has 0 fully saturated rings. The zero-order chi connectivity index (χ0) is 24.5. The Morgan fingerprint density at radius 1 is 1.24 bits per heavy atom. The predicted molar refractivity (Wildman–Crippen MR) is 132 cm³/mol. The van der Waals surface area contributed by atoms with Crippen molar-refractivity contribution in [1.82, 2.24) is 20.2 Å². The molecule has 0 bridgehead atoms. The molecule has 0 radical (unpaired) electrons. The highest BCUT2D eigenvalue weighted by Gasteiger charge is 2.27. The molecule has 9 heteroatoms. The molecule has 34 heavy (non-hydrogen) atoms. The van der Waals surface area contributed by atoms with Gasteiger partial charge in [0, 0.05) is 29.7 Å². The van der Waals surface area contributed by atoms with Crippen molar-refractivity contribution in [2.24, 2.45) is 0 Å². The number of amides is 2. The molecule has 1 aliphatic heterocycles. The molecule has 178 valence electrons. The summed E-state index contributed by atoms with van der Waals surface area (Å²) in [5.74, 6) is 0.120. The standard InChI is InChI=1S/C25H29N5O3S/c1-15-11-16(19-7-9-27-23(26)29-19)5-6-17(15)13-28-22(31)21-12-18-14-30(10-8-20(18)34-21)24(32)33-25(2,3)4/h5-7,9,11-12H,8,10,13-14H2,1-4H3,(H,28,31)(H2,26,27,29). The predicted octanol–water partition coefficient (Wildman–Crippen LogP) is 4.32. The molecule has 3 heterocycles. The maximum absolute atomic E-state index is 12.8. The van der Waals surface area contributed by atoms with Gasteiger partial charge in [0.05, 0.1) is 17.1 Å². The molecule has 0 unspecified atom stereocenters. The second kappa shape index (κ2) is 9.42. The van der Waals surface area contributed by atoms with Crippen LogP contribution < -0.4 is 11.1 Å².